The van der Waals surface area contributed by atoms with Crippen LogP contribution in [0.1, 0.15) is 32.1 Å². The van der Waals surface area contributed by atoms with Crippen molar-refractivity contribution >= 4 is 17.7 Å². The Morgan fingerprint density at radius 1 is 1.19 bits per heavy atom. The van der Waals surface area contributed by atoms with Crippen molar-refractivity contribution in [2.24, 2.45) is 0 Å². The normalized spacial score (nSPS) is 11.4. The van der Waals surface area contributed by atoms with Crippen molar-refractivity contribution in [2.75, 3.05) is 5.75 Å². The van der Waals surface area contributed by atoms with Crippen molar-refractivity contribution < 1.29 is 9.21 Å². The van der Waals surface area contributed by atoms with E-state index in [2.05, 4.69) is 50.4 Å². The summed E-state index contributed by atoms with van der Waals surface area (Å²) < 4.78 is 5.17. The molecule has 2 aromatic rings. The van der Waals surface area contributed by atoms with Gasteiger partial charge in [-0.25, -0.2) is 0 Å². The van der Waals surface area contributed by atoms with Crippen LogP contribution in [0, 0.1) is 0 Å². The van der Waals surface area contributed by atoms with Crippen molar-refractivity contribution in [3.63, 3.8) is 0 Å². The number of hydrogen-bond donors (Lipinski definition) is 1. The third kappa shape index (κ3) is 4.97. The molecule has 1 amide bonds. The van der Waals surface area contributed by atoms with E-state index < -0.39 is 0 Å². The predicted molar refractivity (Wildman–Crippen MR) is 86.4 cm³/mol. The Morgan fingerprint density at radius 2 is 1.90 bits per heavy atom. The zero-order chi connectivity index (χ0) is 15.3. The van der Waals surface area contributed by atoms with Crippen LogP contribution in [-0.4, -0.2) is 11.7 Å². The summed E-state index contributed by atoms with van der Waals surface area (Å²) in [5, 5.41) is 2.84. The molecule has 0 saturated heterocycles. The molecule has 21 heavy (non-hydrogen) atoms. The average Bonchev–Trinajstić information content (AvgIpc) is 2.95. The number of rotatable bonds is 5. The van der Waals surface area contributed by atoms with Crippen LogP contribution in [0.25, 0.3) is 0 Å². The number of furan rings is 1. The molecule has 4 heteroatoms. The zero-order valence-electron chi connectivity index (χ0n) is 12.7. The van der Waals surface area contributed by atoms with Gasteiger partial charge in [0.25, 0.3) is 0 Å². The van der Waals surface area contributed by atoms with Gasteiger partial charge in [-0.3, -0.25) is 4.79 Å². The maximum atomic E-state index is 11.8. The molecule has 1 N–H and O–H groups in total. The molecule has 0 spiro atoms. The molecule has 2 rings (SSSR count). The van der Waals surface area contributed by atoms with E-state index in [1.165, 1.54) is 5.56 Å². The van der Waals surface area contributed by atoms with E-state index >= 15 is 0 Å². The second kappa shape index (κ2) is 6.85. The number of carbonyl (C=O) groups is 1. The molecule has 0 bridgehead atoms. The van der Waals surface area contributed by atoms with Gasteiger partial charge in [-0.1, -0.05) is 32.9 Å². The highest BCUT2D eigenvalue weighted by Gasteiger charge is 2.13. The highest BCUT2D eigenvalue weighted by atomic mass is 32.2. The van der Waals surface area contributed by atoms with Crippen molar-refractivity contribution in [3.8, 4) is 0 Å². The molecule has 1 heterocycles. The quantitative estimate of drug-likeness (QED) is 0.849. The summed E-state index contributed by atoms with van der Waals surface area (Å²) >= 11 is 1.54. The number of amides is 1. The second-order valence-electron chi connectivity index (χ2n) is 5.92. The van der Waals surface area contributed by atoms with Crippen molar-refractivity contribution in [1.82, 2.24) is 5.32 Å². The Hall–Kier alpha value is -1.68. The zero-order valence-corrected chi connectivity index (χ0v) is 13.5. The Balaban J connectivity index is 1.78. The number of carbonyl (C=O) groups excluding carboxylic acids is 1. The summed E-state index contributed by atoms with van der Waals surface area (Å²) in [5.41, 5.74) is 1.46. The first-order chi connectivity index (χ1) is 9.95. The van der Waals surface area contributed by atoms with Crippen LogP contribution >= 0.6 is 11.8 Å². The highest BCUT2D eigenvalue weighted by molar-refractivity contribution is 8.00. The minimum atomic E-state index is 0.0105. The van der Waals surface area contributed by atoms with Gasteiger partial charge in [0.2, 0.25) is 5.91 Å². The fraction of sp³-hybridized carbons (Fsp3) is 0.353. The van der Waals surface area contributed by atoms with E-state index in [1.807, 2.05) is 12.1 Å². The van der Waals surface area contributed by atoms with Crippen LogP contribution in [0.2, 0.25) is 0 Å². The van der Waals surface area contributed by atoms with Gasteiger partial charge in [-0.05, 0) is 35.2 Å². The standard InChI is InChI=1S/C17H21NO2S/c1-17(2,3)13-6-8-15(9-7-13)21-12-16(19)18-11-14-5-4-10-20-14/h4-10H,11-12H2,1-3H3,(H,18,19). The van der Waals surface area contributed by atoms with Gasteiger partial charge in [-0.2, -0.15) is 0 Å². The average molecular weight is 303 g/mol. The van der Waals surface area contributed by atoms with Gasteiger partial charge in [0.05, 0.1) is 18.6 Å². The molecule has 0 unspecified atom stereocenters. The first kappa shape index (κ1) is 15.7. The number of thioether (sulfide) groups is 1. The number of benzene rings is 1. The minimum Gasteiger partial charge on any atom is -0.467 e. The van der Waals surface area contributed by atoms with Crippen molar-refractivity contribution in [1.29, 1.82) is 0 Å². The smallest absolute Gasteiger partial charge is 0.230 e. The molecule has 112 valence electrons. The van der Waals surface area contributed by atoms with Crippen LogP contribution in [0.15, 0.2) is 52.0 Å². The van der Waals surface area contributed by atoms with E-state index in [9.17, 15) is 4.79 Å². The predicted octanol–water partition coefficient (Wildman–Crippen LogP) is 3.99. The first-order valence-corrected chi connectivity index (χ1v) is 7.96. The summed E-state index contributed by atoms with van der Waals surface area (Å²) in [6.07, 6.45) is 1.60. The number of nitrogens with one attached hydrogen (secondary N) is 1. The summed E-state index contributed by atoms with van der Waals surface area (Å²) in [7, 11) is 0. The van der Waals surface area contributed by atoms with Gasteiger partial charge < -0.3 is 9.73 Å². The lowest BCUT2D eigenvalue weighted by Crippen LogP contribution is -2.24. The fourth-order valence-electron chi connectivity index (χ4n) is 1.85. The van der Waals surface area contributed by atoms with Crippen LogP contribution in [-0.2, 0) is 16.8 Å². The molecular weight excluding hydrogens is 282 g/mol. The van der Waals surface area contributed by atoms with Gasteiger partial charge in [-0.15, -0.1) is 11.8 Å². The fourth-order valence-corrected chi connectivity index (χ4v) is 2.58. The summed E-state index contributed by atoms with van der Waals surface area (Å²) in [6, 6.07) is 12.1. The molecule has 0 aliphatic heterocycles. The van der Waals surface area contributed by atoms with E-state index in [0.29, 0.717) is 12.3 Å². The Morgan fingerprint density at radius 3 is 2.48 bits per heavy atom. The topological polar surface area (TPSA) is 42.2 Å². The van der Waals surface area contributed by atoms with Crippen LogP contribution in [0.3, 0.4) is 0 Å². The van der Waals surface area contributed by atoms with Gasteiger partial charge in [0, 0.05) is 4.90 Å². The third-order valence-corrected chi connectivity index (χ3v) is 4.14. The van der Waals surface area contributed by atoms with Gasteiger partial charge in [0.15, 0.2) is 0 Å². The maximum absolute atomic E-state index is 11.8. The minimum absolute atomic E-state index is 0.0105. The molecule has 0 saturated carbocycles. The van der Waals surface area contributed by atoms with Crippen LogP contribution in [0.5, 0.6) is 0 Å². The maximum Gasteiger partial charge on any atom is 0.230 e. The molecule has 1 aromatic carbocycles. The summed E-state index contributed by atoms with van der Waals surface area (Å²) in [4.78, 5) is 12.9. The highest BCUT2D eigenvalue weighted by Crippen LogP contribution is 2.25. The molecule has 0 aliphatic rings. The molecular formula is C17H21NO2S. The van der Waals surface area contributed by atoms with E-state index in [-0.39, 0.29) is 11.3 Å². The van der Waals surface area contributed by atoms with Gasteiger partial charge >= 0.3 is 0 Å². The molecule has 0 aliphatic carbocycles. The summed E-state index contributed by atoms with van der Waals surface area (Å²) in [5.74, 6) is 1.19. The monoisotopic (exact) mass is 303 g/mol. The molecule has 3 nitrogen and oxygen atoms in total. The van der Waals surface area contributed by atoms with E-state index in [0.717, 1.165) is 10.7 Å². The summed E-state index contributed by atoms with van der Waals surface area (Å²) in [6.45, 7) is 7.01. The lowest BCUT2D eigenvalue weighted by Gasteiger charge is -2.19. The second-order valence-corrected chi connectivity index (χ2v) is 6.97. The Labute approximate surface area is 130 Å². The van der Waals surface area contributed by atoms with Crippen molar-refractivity contribution in [2.45, 2.75) is 37.6 Å². The number of hydrogen-bond acceptors (Lipinski definition) is 3. The van der Waals surface area contributed by atoms with Crippen LogP contribution in [0.4, 0.5) is 0 Å². The largest absolute Gasteiger partial charge is 0.467 e. The van der Waals surface area contributed by atoms with Crippen molar-refractivity contribution in [3.05, 3.63) is 54.0 Å². The van der Waals surface area contributed by atoms with E-state index in [4.69, 9.17) is 4.42 Å². The first-order valence-electron chi connectivity index (χ1n) is 6.97. The lowest BCUT2D eigenvalue weighted by molar-refractivity contribution is -0.118. The van der Waals surface area contributed by atoms with Crippen LogP contribution < -0.4 is 5.32 Å². The Kier molecular flexibility index (Phi) is 5.12. The molecule has 0 fully saturated rings. The lowest BCUT2D eigenvalue weighted by atomic mass is 9.87. The Bertz CT molecular complexity index is 568. The third-order valence-electron chi connectivity index (χ3n) is 3.13. The molecule has 1 aromatic heterocycles. The molecule has 0 radical (unpaired) electrons. The molecule has 0 atom stereocenters. The van der Waals surface area contributed by atoms with Gasteiger partial charge in [0.1, 0.15) is 5.76 Å². The van der Waals surface area contributed by atoms with E-state index in [1.54, 1.807) is 18.0 Å². The SMILES string of the molecule is CC(C)(C)c1ccc(SCC(=O)NCc2ccco2)cc1.